The molecule has 0 saturated carbocycles. The summed E-state index contributed by atoms with van der Waals surface area (Å²) in [6.07, 6.45) is 0.157. The smallest absolute Gasteiger partial charge is 0.335 e. The Morgan fingerprint density at radius 2 is 1.95 bits per heavy atom. The van der Waals surface area contributed by atoms with Gasteiger partial charge in [0.05, 0.1) is 15.6 Å². The van der Waals surface area contributed by atoms with E-state index in [9.17, 15) is 9.18 Å². The quantitative estimate of drug-likeness (QED) is 0.899. The van der Waals surface area contributed by atoms with Crippen LogP contribution in [-0.2, 0) is 4.79 Å². The van der Waals surface area contributed by atoms with Crippen LogP contribution in [0, 0.1) is 0 Å². The van der Waals surface area contributed by atoms with Crippen molar-refractivity contribution in [1.82, 2.24) is 0 Å². The number of carbonyl (C=O) groups is 1. The number of benzene rings is 1. The Balaban J connectivity index is 2.57. The van der Waals surface area contributed by atoms with E-state index in [1.165, 1.54) is 32.1 Å². The van der Waals surface area contributed by atoms with E-state index < -0.39 is 17.7 Å². The number of fused-ring (bicyclic) bond motifs is 1. The van der Waals surface area contributed by atoms with Gasteiger partial charge in [-0.1, -0.05) is 23.2 Å². The maximum absolute atomic E-state index is 14.1. The highest BCUT2D eigenvalue weighted by Crippen LogP contribution is 2.39. The Kier molecular flexibility index (Phi) is 3.49. The lowest BCUT2D eigenvalue weighted by Gasteiger charge is -2.32. The van der Waals surface area contributed by atoms with Gasteiger partial charge >= 0.3 is 5.97 Å². The molecule has 0 spiro atoms. The molecule has 1 aliphatic heterocycles. The fraction of sp³-hybridized carbons (Fsp3) is 0.308. The summed E-state index contributed by atoms with van der Waals surface area (Å²) < 4.78 is 19.5. The highest BCUT2D eigenvalue weighted by atomic mass is 35.5. The Hall–Kier alpha value is -1.26. The van der Waals surface area contributed by atoms with E-state index in [0.29, 0.717) is 11.3 Å². The third kappa shape index (κ3) is 2.69. The van der Waals surface area contributed by atoms with Gasteiger partial charge in [-0.15, -0.1) is 0 Å². The van der Waals surface area contributed by atoms with Crippen molar-refractivity contribution in [1.29, 1.82) is 0 Å². The number of halogens is 3. The number of aliphatic carboxylic acids is 1. The molecule has 1 N–H and O–H groups in total. The number of alkyl halides is 1. The molecule has 0 amide bonds. The molecule has 1 aromatic rings. The van der Waals surface area contributed by atoms with Crippen molar-refractivity contribution < 1.29 is 19.0 Å². The Bertz CT molecular complexity index is 576. The van der Waals surface area contributed by atoms with E-state index in [1.54, 1.807) is 0 Å². The van der Waals surface area contributed by atoms with Gasteiger partial charge in [-0.25, -0.2) is 9.18 Å². The largest absolute Gasteiger partial charge is 0.481 e. The van der Waals surface area contributed by atoms with Crippen molar-refractivity contribution in [3.05, 3.63) is 33.3 Å². The van der Waals surface area contributed by atoms with Crippen LogP contribution in [0.1, 0.15) is 19.4 Å². The van der Waals surface area contributed by atoms with Crippen LogP contribution in [0.15, 0.2) is 17.7 Å². The third-order valence-corrected chi connectivity index (χ3v) is 3.48. The molecule has 0 saturated heterocycles. The van der Waals surface area contributed by atoms with Crippen molar-refractivity contribution in [2.45, 2.75) is 25.6 Å². The zero-order chi connectivity index (χ0) is 14.4. The number of carboxylic acid groups (broad SMARTS) is 1. The van der Waals surface area contributed by atoms with Crippen LogP contribution in [0.3, 0.4) is 0 Å². The van der Waals surface area contributed by atoms with Crippen molar-refractivity contribution in [3.63, 3.8) is 0 Å². The van der Waals surface area contributed by atoms with E-state index >= 15 is 0 Å². The van der Waals surface area contributed by atoms with Gasteiger partial charge < -0.3 is 9.84 Å². The summed E-state index contributed by atoms with van der Waals surface area (Å²) in [4.78, 5) is 11.2. The molecule has 1 heterocycles. The number of rotatable bonds is 2. The minimum atomic E-state index is -1.84. The van der Waals surface area contributed by atoms with Gasteiger partial charge in [-0.2, -0.15) is 0 Å². The van der Waals surface area contributed by atoms with Crippen LogP contribution in [0.2, 0.25) is 10.0 Å². The Labute approximate surface area is 119 Å². The summed E-state index contributed by atoms with van der Waals surface area (Å²) in [6.45, 7) is 2.52. The molecule has 1 atom stereocenters. The SMILES string of the molecule is CC(C)(F)C1Oc2cc(Cl)c(Cl)cc2C=C1C(=O)O. The maximum Gasteiger partial charge on any atom is 0.335 e. The molecule has 1 aromatic carbocycles. The van der Waals surface area contributed by atoms with E-state index in [0.717, 1.165) is 0 Å². The molecule has 102 valence electrons. The molecule has 0 fully saturated rings. The second-order valence-electron chi connectivity index (χ2n) is 4.77. The predicted molar refractivity (Wildman–Crippen MR) is 71.7 cm³/mol. The molecular formula is C13H11Cl2FO3. The number of hydrogen-bond acceptors (Lipinski definition) is 2. The lowest BCUT2D eigenvalue weighted by molar-refractivity contribution is -0.134. The second-order valence-corrected chi connectivity index (χ2v) is 5.59. The van der Waals surface area contributed by atoms with Crippen molar-refractivity contribution >= 4 is 35.2 Å². The summed E-state index contributed by atoms with van der Waals surface area (Å²) >= 11 is 11.7. The van der Waals surface area contributed by atoms with Crippen molar-refractivity contribution in [3.8, 4) is 5.75 Å². The van der Waals surface area contributed by atoms with Crippen LogP contribution < -0.4 is 4.74 Å². The number of carboxylic acids is 1. The van der Waals surface area contributed by atoms with Crippen LogP contribution in [0.4, 0.5) is 4.39 Å². The van der Waals surface area contributed by atoms with Gasteiger partial charge in [0.25, 0.3) is 0 Å². The van der Waals surface area contributed by atoms with Crippen LogP contribution in [0.25, 0.3) is 6.08 Å². The topological polar surface area (TPSA) is 46.5 Å². The highest BCUT2D eigenvalue weighted by molar-refractivity contribution is 6.42. The number of ether oxygens (including phenoxy) is 1. The molecule has 0 aromatic heterocycles. The zero-order valence-corrected chi connectivity index (χ0v) is 11.7. The standard InChI is InChI=1S/C13H11Cl2FO3/c1-13(2,16)11-7(12(17)18)3-6-4-8(14)9(15)5-10(6)19-11/h3-5,11H,1-2H3,(H,17,18). The molecule has 0 bridgehead atoms. The van der Waals surface area contributed by atoms with E-state index in [-0.39, 0.29) is 15.6 Å². The lowest BCUT2D eigenvalue weighted by atomic mass is 9.92. The highest BCUT2D eigenvalue weighted by Gasteiger charge is 2.40. The molecule has 1 aliphatic rings. The van der Waals surface area contributed by atoms with Gasteiger partial charge in [0, 0.05) is 11.6 Å². The molecule has 6 heteroatoms. The Morgan fingerprint density at radius 1 is 1.37 bits per heavy atom. The third-order valence-electron chi connectivity index (χ3n) is 2.76. The zero-order valence-electron chi connectivity index (χ0n) is 10.2. The van der Waals surface area contributed by atoms with Gasteiger partial charge in [-0.05, 0) is 26.0 Å². The predicted octanol–water partition coefficient (Wildman–Crippen LogP) is 3.97. The molecule has 0 radical (unpaired) electrons. The van der Waals surface area contributed by atoms with Gasteiger partial charge in [-0.3, -0.25) is 0 Å². The first-order valence-corrected chi connectivity index (χ1v) is 6.25. The summed E-state index contributed by atoms with van der Waals surface area (Å²) in [7, 11) is 0. The molecule has 2 rings (SSSR count). The molecule has 3 nitrogen and oxygen atoms in total. The number of hydrogen-bond donors (Lipinski definition) is 1. The van der Waals surface area contributed by atoms with E-state index in [4.69, 9.17) is 33.0 Å². The fourth-order valence-electron chi connectivity index (χ4n) is 1.88. The van der Waals surface area contributed by atoms with Crippen molar-refractivity contribution in [2.75, 3.05) is 0 Å². The first-order valence-electron chi connectivity index (χ1n) is 5.49. The summed E-state index contributed by atoms with van der Waals surface area (Å²) in [6, 6.07) is 2.94. The lowest BCUT2D eigenvalue weighted by Crippen LogP contribution is -2.42. The average molecular weight is 305 g/mol. The summed E-state index contributed by atoms with van der Waals surface area (Å²) in [5.74, 6) is -0.914. The molecule has 1 unspecified atom stereocenters. The second kappa shape index (κ2) is 4.69. The summed E-state index contributed by atoms with van der Waals surface area (Å²) in [5.41, 5.74) is -1.53. The van der Waals surface area contributed by atoms with Gasteiger partial charge in [0.2, 0.25) is 0 Å². The molecule has 0 aliphatic carbocycles. The maximum atomic E-state index is 14.1. The fourth-order valence-corrected chi connectivity index (χ4v) is 2.20. The monoisotopic (exact) mass is 304 g/mol. The minimum absolute atomic E-state index is 0.154. The van der Waals surface area contributed by atoms with E-state index in [2.05, 4.69) is 0 Å². The molecular weight excluding hydrogens is 294 g/mol. The molecule has 19 heavy (non-hydrogen) atoms. The van der Waals surface area contributed by atoms with Crippen LogP contribution in [-0.4, -0.2) is 22.8 Å². The normalized spacial score (nSPS) is 18.4. The average Bonchev–Trinajstić information content (AvgIpc) is 2.27. The van der Waals surface area contributed by atoms with Crippen molar-refractivity contribution in [2.24, 2.45) is 0 Å². The minimum Gasteiger partial charge on any atom is -0.481 e. The Morgan fingerprint density at radius 3 is 2.47 bits per heavy atom. The van der Waals surface area contributed by atoms with Crippen LogP contribution in [0.5, 0.6) is 5.75 Å². The van der Waals surface area contributed by atoms with Gasteiger partial charge in [0.15, 0.2) is 6.10 Å². The van der Waals surface area contributed by atoms with Gasteiger partial charge in [0.1, 0.15) is 11.4 Å². The first-order chi connectivity index (χ1) is 8.70. The summed E-state index contributed by atoms with van der Waals surface area (Å²) in [5, 5.41) is 9.69. The van der Waals surface area contributed by atoms with E-state index in [1.807, 2.05) is 0 Å². The first kappa shape index (κ1) is 14.2. The van der Waals surface area contributed by atoms with Crippen LogP contribution >= 0.6 is 23.2 Å².